The second-order valence-corrected chi connectivity index (χ2v) is 15.5. The van der Waals surface area contributed by atoms with Crippen molar-refractivity contribution in [3.05, 3.63) is 128 Å². The fourth-order valence-electron chi connectivity index (χ4n) is 8.93. The topological polar surface area (TPSA) is 121 Å². The monoisotopic (exact) mass is 822 g/mol. The number of amides is 4. The molecule has 262 valence electrons. The van der Waals surface area contributed by atoms with E-state index in [9.17, 15) is 29.1 Å². The molecule has 2 aliphatic heterocycles. The predicted molar refractivity (Wildman–Crippen MR) is 200 cm³/mol. The summed E-state index contributed by atoms with van der Waals surface area (Å²) >= 11 is 7.14. The van der Waals surface area contributed by atoms with Crippen LogP contribution in [-0.2, 0) is 19.2 Å². The average Bonchev–Trinajstić information content (AvgIpc) is 3.54. The Balaban J connectivity index is 1.22. The molecule has 4 amide bonds. The zero-order valence-corrected chi connectivity index (χ0v) is 31.3. The van der Waals surface area contributed by atoms with Crippen LogP contribution in [0.3, 0.4) is 0 Å². The van der Waals surface area contributed by atoms with Crippen molar-refractivity contribution in [2.45, 2.75) is 25.7 Å². The number of methoxy groups -OCH3 is 1. The highest BCUT2D eigenvalue weighted by atomic mass is 79.9. The summed E-state index contributed by atoms with van der Waals surface area (Å²) in [7, 11) is 1.43. The first-order chi connectivity index (χ1) is 25.0. The Bertz CT molecular complexity index is 2220. The second kappa shape index (κ2) is 12.7. The minimum atomic E-state index is -1.28. The van der Waals surface area contributed by atoms with Crippen LogP contribution in [0.25, 0.3) is 0 Å². The van der Waals surface area contributed by atoms with Crippen LogP contribution < -0.4 is 14.5 Å². The van der Waals surface area contributed by atoms with Gasteiger partial charge in [-0.2, -0.15) is 0 Å². The number of rotatable bonds is 6. The van der Waals surface area contributed by atoms with Crippen LogP contribution in [0.1, 0.15) is 47.2 Å². The van der Waals surface area contributed by atoms with Crippen molar-refractivity contribution in [3.63, 3.8) is 0 Å². The van der Waals surface area contributed by atoms with Crippen LogP contribution in [0.4, 0.5) is 11.4 Å². The van der Waals surface area contributed by atoms with Crippen molar-refractivity contribution in [3.8, 4) is 11.5 Å². The molecule has 0 bridgehead atoms. The first kappa shape index (κ1) is 34.2. The molecule has 2 aliphatic carbocycles. The van der Waals surface area contributed by atoms with Gasteiger partial charge in [-0.05, 0) is 106 Å². The minimum Gasteiger partial charge on any atom is -0.503 e. The summed E-state index contributed by atoms with van der Waals surface area (Å²) < 4.78 is 6.34. The Morgan fingerprint density at radius 1 is 0.788 bits per heavy atom. The summed E-state index contributed by atoms with van der Waals surface area (Å²) in [5.74, 6) is -5.11. The Kier molecular flexibility index (Phi) is 8.34. The van der Waals surface area contributed by atoms with Crippen molar-refractivity contribution < 1.29 is 33.8 Å². The number of phenolic OH excluding ortho intramolecular Hbond substituents is 1. The largest absolute Gasteiger partial charge is 0.503 e. The van der Waals surface area contributed by atoms with Gasteiger partial charge in [-0.15, -0.1) is 0 Å². The number of phenols is 1. The molecule has 0 radical (unpaired) electrons. The highest BCUT2D eigenvalue weighted by Crippen LogP contribution is 2.65. The number of carbonyl (C=O) groups is 5. The molecule has 3 fully saturated rings. The number of allylic oxidation sites excluding steroid dienone is 2. The Morgan fingerprint density at radius 2 is 1.40 bits per heavy atom. The molecule has 0 unspecified atom stereocenters. The molecule has 0 spiro atoms. The standard InChI is InChI=1S/C41H32Br2N2O7/c1-41-29(38(49)45(40(41)51)23-11-7-4-8-12-23)19-27-25(32(41)28-20-30(52-2)36(47)34(43)33(28)42)17-18-26-31(27)39(50)44(37(26)48)24-15-13-22(14-16-24)35(46)21-9-5-3-6-10-21/h3-17,20,26-27,29,31-32,47H,18-19H2,1-2H3/t26-,27+,29-,31-,32+,41+/m0/s1. The van der Waals surface area contributed by atoms with E-state index in [4.69, 9.17) is 4.74 Å². The summed E-state index contributed by atoms with van der Waals surface area (Å²) in [4.78, 5) is 73.3. The number of para-hydroxylation sites is 1. The van der Waals surface area contributed by atoms with E-state index in [-0.39, 0.29) is 53.8 Å². The number of nitrogens with zero attached hydrogens (tertiary/aromatic N) is 2. The highest BCUT2D eigenvalue weighted by molar-refractivity contribution is 9.13. The van der Waals surface area contributed by atoms with Crippen molar-refractivity contribution in [2.24, 2.45) is 29.1 Å². The molecular formula is C41H32Br2N2O7. The van der Waals surface area contributed by atoms with E-state index in [0.29, 0.717) is 37.0 Å². The van der Waals surface area contributed by atoms with Crippen LogP contribution in [0, 0.1) is 29.1 Å². The van der Waals surface area contributed by atoms with Crippen molar-refractivity contribution >= 4 is 72.6 Å². The van der Waals surface area contributed by atoms with Gasteiger partial charge in [-0.25, -0.2) is 4.90 Å². The first-order valence-electron chi connectivity index (χ1n) is 16.9. The zero-order valence-electron chi connectivity index (χ0n) is 28.1. The fourth-order valence-corrected chi connectivity index (χ4v) is 9.89. The highest BCUT2D eigenvalue weighted by Gasteiger charge is 2.68. The number of hydrogen-bond acceptors (Lipinski definition) is 7. The van der Waals surface area contributed by atoms with Crippen LogP contribution >= 0.6 is 31.9 Å². The fraction of sp³-hybridized carbons (Fsp3) is 0.244. The number of aromatic hydroxyl groups is 1. The SMILES string of the molecule is COc1cc([C@H]2C3=CC[C@@H]4C(=O)N(c5ccc(C(=O)c6ccccc6)cc5)C(=O)[C@@H]4[C@@H]3C[C@H]3C(=O)N(c4ccccc4)C(=O)[C@@]23C)c(Br)c(Br)c1O. The lowest BCUT2D eigenvalue weighted by Crippen LogP contribution is -2.49. The van der Waals surface area contributed by atoms with E-state index < -0.39 is 35.0 Å². The number of fused-ring (bicyclic) bond motifs is 4. The minimum absolute atomic E-state index is 0.131. The average molecular weight is 825 g/mol. The number of halogens is 2. The molecule has 1 N–H and O–H groups in total. The molecule has 6 atom stereocenters. The summed E-state index contributed by atoms with van der Waals surface area (Å²) in [5, 5.41) is 10.8. The van der Waals surface area contributed by atoms with E-state index >= 15 is 0 Å². The van der Waals surface area contributed by atoms with Crippen LogP contribution in [0.15, 0.2) is 112 Å². The lowest BCUT2D eigenvalue weighted by Gasteiger charge is -2.49. The zero-order chi connectivity index (χ0) is 36.6. The van der Waals surface area contributed by atoms with E-state index in [1.807, 2.05) is 18.2 Å². The van der Waals surface area contributed by atoms with Gasteiger partial charge in [0.25, 0.3) is 0 Å². The number of benzene rings is 4. The summed E-state index contributed by atoms with van der Waals surface area (Å²) in [5.41, 5.74) is 1.90. The lowest BCUT2D eigenvalue weighted by molar-refractivity contribution is -0.131. The van der Waals surface area contributed by atoms with E-state index in [2.05, 4.69) is 31.9 Å². The van der Waals surface area contributed by atoms with Crippen molar-refractivity contribution in [2.75, 3.05) is 16.9 Å². The third-order valence-corrected chi connectivity index (χ3v) is 13.6. The molecule has 1 saturated carbocycles. The van der Waals surface area contributed by atoms with Crippen LogP contribution in [0.5, 0.6) is 11.5 Å². The predicted octanol–water partition coefficient (Wildman–Crippen LogP) is 7.59. The number of carbonyl (C=O) groups excluding carboxylic acids is 5. The maximum atomic E-state index is 14.7. The normalized spacial score (nSPS) is 26.5. The molecule has 2 saturated heterocycles. The molecule has 0 aromatic heterocycles. The lowest BCUT2D eigenvalue weighted by atomic mass is 9.51. The number of ketones is 1. The van der Waals surface area contributed by atoms with Gasteiger partial charge in [-0.3, -0.25) is 28.9 Å². The third kappa shape index (κ3) is 4.89. The molecule has 52 heavy (non-hydrogen) atoms. The Morgan fingerprint density at radius 3 is 2.06 bits per heavy atom. The van der Waals surface area contributed by atoms with Gasteiger partial charge in [0, 0.05) is 21.5 Å². The van der Waals surface area contributed by atoms with E-state index in [1.165, 1.54) is 16.9 Å². The third-order valence-electron chi connectivity index (χ3n) is 11.4. The van der Waals surface area contributed by atoms with Gasteiger partial charge >= 0.3 is 0 Å². The summed E-state index contributed by atoms with van der Waals surface area (Å²) in [6.07, 6.45) is 2.42. The maximum absolute atomic E-state index is 14.7. The molecule has 11 heteroatoms. The molecule has 4 aliphatic rings. The number of ether oxygens (including phenoxy) is 1. The molecule has 8 rings (SSSR count). The molecular weight excluding hydrogens is 792 g/mol. The molecule has 9 nitrogen and oxygen atoms in total. The van der Waals surface area contributed by atoms with Gasteiger partial charge in [-0.1, -0.05) is 60.2 Å². The second-order valence-electron chi connectivity index (χ2n) is 13.9. The molecule has 4 aromatic rings. The smallest absolute Gasteiger partial charge is 0.241 e. The number of anilines is 2. The van der Waals surface area contributed by atoms with Crippen LogP contribution in [-0.4, -0.2) is 41.6 Å². The number of hydrogen-bond donors (Lipinski definition) is 1. The Labute approximate surface area is 316 Å². The van der Waals surface area contributed by atoms with E-state index in [0.717, 1.165) is 5.57 Å². The first-order valence-corrected chi connectivity index (χ1v) is 18.5. The summed E-state index contributed by atoms with van der Waals surface area (Å²) in [6.45, 7) is 1.81. The van der Waals surface area contributed by atoms with Gasteiger partial charge in [0.15, 0.2) is 17.3 Å². The van der Waals surface area contributed by atoms with Crippen molar-refractivity contribution in [1.82, 2.24) is 0 Å². The van der Waals surface area contributed by atoms with Gasteiger partial charge < -0.3 is 9.84 Å². The van der Waals surface area contributed by atoms with Crippen LogP contribution in [0.2, 0.25) is 0 Å². The van der Waals surface area contributed by atoms with E-state index in [1.54, 1.807) is 85.8 Å². The molecule has 4 aromatic carbocycles. The number of imide groups is 2. The van der Waals surface area contributed by atoms with Gasteiger partial charge in [0.1, 0.15) is 0 Å². The maximum Gasteiger partial charge on any atom is 0.241 e. The quantitative estimate of drug-likeness (QED) is 0.121. The Hall–Kier alpha value is -4.87. The summed E-state index contributed by atoms with van der Waals surface area (Å²) in [6, 6.07) is 25.8. The van der Waals surface area contributed by atoms with Crippen molar-refractivity contribution in [1.29, 1.82) is 0 Å². The van der Waals surface area contributed by atoms with Gasteiger partial charge in [0.05, 0.1) is 46.1 Å². The van der Waals surface area contributed by atoms with Gasteiger partial charge in [0.2, 0.25) is 23.6 Å². The molecule has 2 heterocycles.